The predicted octanol–water partition coefficient (Wildman–Crippen LogP) is -0.616. The van der Waals surface area contributed by atoms with E-state index < -0.39 is 24.1 Å². The van der Waals surface area contributed by atoms with E-state index in [1.165, 1.54) is 7.11 Å². The zero-order valence-electron chi connectivity index (χ0n) is 9.54. The Morgan fingerprint density at radius 3 is 2.78 bits per heavy atom. The van der Waals surface area contributed by atoms with Gasteiger partial charge in [-0.3, -0.25) is 10.1 Å². The van der Waals surface area contributed by atoms with Crippen LogP contribution >= 0.6 is 0 Å². The molecule has 2 heterocycles. The normalized spacial score (nSPS) is 22.7. The Hall–Kier alpha value is -2.16. The number of ether oxygens (including phenoxy) is 2. The van der Waals surface area contributed by atoms with Gasteiger partial charge in [0.05, 0.1) is 7.11 Å². The van der Waals surface area contributed by atoms with Gasteiger partial charge in [0, 0.05) is 0 Å². The number of aliphatic carboxylic acids is 1. The zero-order valence-corrected chi connectivity index (χ0v) is 9.54. The van der Waals surface area contributed by atoms with Gasteiger partial charge < -0.3 is 14.6 Å². The van der Waals surface area contributed by atoms with Gasteiger partial charge in [0.2, 0.25) is 5.95 Å². The molecule has 9 heteroatoms. The second kappa shape index (κ2) is 5.00. The molecule has 3 N–H and O–H groups in total. The van der Waals surface area contributed by atoms with Crippen LogP contribution in [0.2, 0.25) is 0 Å². The van der Waals surface area contributed by atoms with E-state index >= 15 is 0 Å². The molecule has 1 aliphatic rings. The number of hydrogen-bond acceptors (Lipinski definition) is 6. The van der Waals surface area contributed by atoms with Crippen molar-refractivity contribution in [1.29, 1.82) is 0 Å². The summed E-state index contributed by atoms with van der Waals surface area (Å²) in [7, 11) is 1.40. The highest BCUT2D eigenvalue weighted by Gasteiger charge is 2.35. The summed E-state index contributed by atoms with van der Waals surface area (Å²) in [6, 6.07) is 0.0982. The number of carboxylic acid groups (broad SMARTS) is 1. The molecule has 1 fully saturated rings. The van der Waals surface area contributed by atoms with Gasteiger partial charge in [-0.15, -0.1) is 5.10 Å². The van der Waals surface area contributed by atoms with Crippen LogP contribution < -0.4 is 10.1 Å². The van der Waals surface area contributed by atoms with Gasteiger partial charge in [-0.05, 0) is 12.8 Å². The minimum absolute atomic E-state index is 0.0982. The third kappa shape index (κ3) is 2.56. The van der Waals surface area contributed by atoms with Crippen LogP contribution in [0, 0.1) is 0 Å². The monoisotopic (exact) mass is 256 g/mol. The van der Waals surface area contributed by atoms with Crippen LogP contribution in [0.3, 0.4) is 0 Å². The van der Waals surface area contributed by atoms with Gasteiger partial charge in [-0.1, -0.05) is 0 Å². The summed E-state index contributed by atoms with van der Waals surface area (Å²) in [5.74, 6) is -1.40. The molecule has 2 rings (SSSR count). The molecule has 0 spiro atoms. The molecule has 0 radical (unpaired) electrons. The van der Waals surface area contributed by atoms with Crippen molar-refractivity contribution in [1.82, 2.24) is 15.2 Å². The molecule has 18 heavy (non-hydrogen) atoms. The summed E-state index contributed by atoms with van der Waals surface area (Å²) in [4.78, 5) is 26.2. The third-order valence-corrected chi connectivity index (χ3v) is 2.48. The van der Waals surface area contributed by atoms with Gasteiger partial charge in [0.1, 0.15) is 6.10 Å². The van der Waals surface area contributed by atoms with E-state index in [0.717, 1.165) is 0 Å². The Morgan fingerprint density at radius 2 is 2.22 bits per heavy atom. The summed E-state index contributed by atoms with van der Waals surface area (Å²) in [6.07, 6.45) is -1.05. The standard InChI is InChI=1S/C9H12N4O5/c1-17-9-11-8(12-13-9)10-6(14)4-2-3-5(18-4)7(15)16/h4-5H,2-3H2,1H3,(H,15,16)(H2,10,11,12,13,14)/t4-,5+/m0/s1. The van der Waals surface area contributed by atoms with Crippen molar-refractivity contribution >= 4 is 17.8 Å². The number of carbonyl (C=O) groups is 2. The Kier molecular flexibility index (Phi) is 3.42. The smallest absolute Gasteiger partial charge is 0.336 e. The van der Waals surface area contributed by atoms with Crippen molar-refractivity contribution < 1.29 is 24.2 Å². The molecule has 9 nitrogen and oxygen atoms in total. The number of H-pyrrole nitrogens is 1. The number of nitrogens with one attached hydrogen (secondary N) is 2. The lowest BCUT2D eigenvalue weighted by molar-refractivity contribution is -0.150. The highest BCUT2D eigenvalue weighted by atomic mass is 16.5. The lowest BCUT2D eigenvalue weighted by atomic mass is 10.2. The highest BCUT2D eigenvalue weighted by Crippen LogP contribution is 2.20. The molecule has 0 saturated carbocycles. The lowest BCUT2D eigenvalue weighted by Crippen LogP contribution is -2.30. The maximum absolute atomic E-state index is 11.7. The number of nitrogens with zero attached hydrogens (tertiary/aromatic N) is 2. The average molecular weight is 256 g/mol. The quantitative estimate of drug-likeness (QED) is 0.655. The molecule has 1 aliphatic heterocycles. The van der Waals surface area contributed by atoms with Gasteiger partial charge in [-0.2, -0.15) is 4.98 Å². The second-order valence-corrected chi connectivity index (χ2v) is 3.69. The van der Waals surface area contributed by atoms with Gasteiger partial charge in [-0.25, -0.2) is 9.89 Å². The van der Waals surface area contributed by atoms with E-state index in [2.05, 4.69) is 20.5 Å². The van der Waals surface area contributed by atoms with E-state index in [4.69, 9.17) is 14.6 Å². The van der Waals surface area contributed by atoms with Crippen molar-refractivity contribution in [2.24, 2.45) is 0 Å². The van der Waals surface area contributed by atoms with Crippen LogP contribution in [0.1, 0.15) is 12.8 Å². The number of aromatic nitrogens is 3. The van der Waals surface area contributed by atoms with Crippen molar-refractivity contribution in [2.45, 2.75) is 25.0 Å². The molecule has 1 amide bonds. The van der Waals surface area contributed by atoms with Crippen molar-refractivity contribution in [3.63, 3.8) is 0 Å². The summed E-state index contributed by atoms with van der Waals surface area (Å²) in [5, 5.41) is 17.3. The van der Waals surface area contributed by atoms with Crippen LogP contribution in [0.15, 0.2) is 0 Å². The second-order valence-electron chi connectivity index (χ2n) is 3.69. The van der Waals surface area contributed by atoms with Crippen molar-refractivity contribution in [2.75, 3.05) is 12.4 Å². The Balaban J connectivity index is 1.91. The average Bonchev–Trinajstić information content (AvgIpc) is 2.97. The lowest BCUT2D eigenvalue weighted by Gasteiger charge is -2.09. The number of carbonyl (C=O) groups excluding carboxylic acids is 1. The third-order valence-electron chi connectivity index (χ3n) is 2.48. The Morgan fingerprint density at radius 1 is 1.50 bits per heavy atom. The fourth-order valence-corrected chi connectivity index (χ4v) is 1.60. The van der Waals surface area contributed by atoms with E-state index in [9.17, 15) is 9.59 Å². The topological polar surface area (TPSA) is 126 Å². The van der Waals surface area contributed by atoms with Gasteiger partial charge in [0.25, 0.3) is 5.91 Å². The fraction of sp³-hybridized carbons (Fsp3) is 0.556. The van der Waals surface area contributed by atoms with Gasteiger partial charge >= 0.3 is 12.0 Å². The summed E-state index contributed by atoms with van der Waals surface area (Å²) in [5.41, 5.74) is 0. The number of carboxylic acids is 1. The fourth-order valence-electron chi connectivity index (χ4n) is 1.60. The molecule has 1 saturated heterocycles. The highest BCUT2D eigenvalue weighted by molar-refractivity contribution is 5.93. The number of anilines is 1. The molecular weight excluding hydrogens is 244 g/mol. The van der Waals surface area contributed by atoms with Crippen LogP contribution in [-0.4, -0.2) is 51.5 Å². The Bertz CT molecular complexity index is 460. The van der Waals surface area contributed by atoms with Crippen LogP contribution in [0.25, 0.3) is 0 Å². The first kappa shape index (κ1) is 12.3. The Labute approximate surface area is 101 Å². The largest absolute Gasteiger partial charge is 0.479 e. The molecule has 1 aromatic rings. The van der Waals surface area contributed by atoms with E-state index in [1.54, 1.807) is 0 Å². The van der Waals surface area contributed by atoms with Crippen LogP contribution in [0.5, 0.6) is 6.01 Å². The molecule has 98 valence electrons. The number of methoxy groups -OCH3 is 1. The summed E-state index contributed by atoms with van der Waals surface area (Å²) >= 11 is 0. The first-order valence-electron chi connectivity index (χ1n) is 5.25. The SMILES string of the molecule is COc1n[nH]c(NC(=O)[C@@H]2CC[C@H](C(=O)O)O2)n1. The van der Waals surface area contributed by atoms with E-state index in [0.29, 0.717) is 12.8 Å². The summed E-state index contributed by atoms with van der Waals surface area (Å²) < 4.78 is 9.82. The minimum atomic E-state index is -1.06. The molecule has 1 aromatic heterocycles. The predicted molar refractivity (Wildman–Crippen MR) is 57.1 cm³/mol. The number of amides is 1. The molecule has 0 unspecified atom stereocenters. The number of aromatic amines is 1. The molecule has 2 atom stereocenters. The number of hydrogen-bond donors (Lipinski definition) is 3. The number of rotatable bonds is 4. The van der Waals surface area contributed by atoms with Crippen LogP contribution in [-0.2, 0) is 14.3 Å². The van der Waals surface area contributed by atoms with Crippen molar-refractivity contribution in [3.05, 3.63) is 0 Å². The minimum Gasteiger partial charge on any atom is -0.479 e. The molecule has 0 aromatic carbocycles. The van der Waals surface area contributed by atoms with E-state index in [1.807, 2.05) is 0 Å². The molecular formula is C9H12N4O5. The first-order chi connectivity index (χ1) is 8.60. The molecule has 0 bridgehead atoms. The summed E-state index contributed by atoms with van der Waals surface area (Å²) in [6.45, 7) is 0. The maximum atomic E-state index is 11.7. The van der Waals surface area contributed by atoms with Crippen LogP contribution in [0.4, 0.5) is 5.95 Å². The zero-order chi connectivity index (χ0) is 13.1. The van der Waals surface area contributed by atoms with Crippen molar-refractivity contribution in [3.8, 4) is 6.01 Å². The maximum Gasteiger partial charge on any atom is 0.336 e. The van der Waals surface area contributed by atoms with Gasteiger partial charge in [0.15, 0.2) is 6.10 Å². The molecule has 0 aliphatic carbocycles. The first-order valence-corrected chi connectivity index (χ1v) is 5.25. The van der Waals surface area contributed by atoms with E-state index in [-0.39, 0.29) is 12.0 Å².